The highest BCUT2D eigenvalue weighted by atomic mass is 16.1. The number of fused-ring (bicyclic) bond motifs is 3. The molecule has 0 saturated heterocycles. The molecule has 1 heteroatoms. The summed E-state index contributed by atoms with van der Waals surface area (Å²) >= 11 is 0. The van der Waals surface area contributed by atoms with Crippen molar-refractivity contribution in [2.45, 2.75) is 13.8 Å². The topological polar surface area (TPSA) is 17.1 Å². The van der Waals surface area contributed by atoms with Crippen LogP contribution >= 0.6 is 0 Å². The number of rotatable bonds is 2. The Kier molecular flexibility index (Phi) is 3.77. The summed E-state index contributed by atoms with van der Waals surface area (Å²) in [4.78, 5) is 13.2. The average molecular weight is 360 g/mol. The first-order valence-electron chi connectivity index (χ1n) is 9.57. The Morgan fingerprint density at radius 1 is 0.429 bits per heavy atom. The van der Waals surface area contributed by atoms with Crippen molar-refractivity contribution >= 4 is 5.78 Å². The molecule has 0 atom stereocenters. The van der Waals surface area contributed by atoms with Crippen LogP contribution in [0.25, 0.3) is 33.4 Å². The largest absolute Gasteiger partial charge is 0.289 e. The molecule has 134 valence electrons. The quantitative estimate of drug-likeness (QED) is 0.336. The van der Waals surface area contributed by atoms with E-state index in [0.29, 0.717) is 0 Å². The molecule has 4 aromatic rings. The molecule has 0 N–H and O–H groups in total. The number of carbonyl (C=O) groups excluding carboxylic acids is 1. The van der Waals surface area contributed by atoms with E-state index in [0.717, 1.165) is 44.5 Å². The molecule has 4 aromatic carbocycles. The molecule has 0 heterocycles. The fourth-order valence-corrected chi connectivity index (χ4v) is 3.93. The molecule has 1 nitrogen and oxygen atoms in total. The summed E-state index contributed by atoms with van der Waals surface area (Å²) in [5, 5.41) is 0. The van der Waals surface area contributed by atoms with Crippen molar-refractivity contribution < 1.29 is 4.79 Å². The Morgan fingerprint density at radius 3 is 1.18 bits per heavy atom. The molecule has 0 fully saturated rings. The second-order valence-electron chi connectivity index (χ2n) is 7.58. The van der Waals surface area contributed by atoms with Crippen molar-refractivity contribution in [1.29, 1.82) is 0 Å². The van der Waals surface area contributed by atoms with Gasteiger partial charge in [-0.15, -0.1) is 0 Å². The van der Waals surface area contributed by atoms with Crippen LogP contribution in [-0.4, -0.2) is 5.78 Å². The summed E-state index contributed by atoms with van der Waals surface area (Å²) in [5.74, 6) is 0.118. The molecule has 1 aliphatic rings. The van der Waals surface area contributed by atoms with E-state index in [1.807, 2.05) is 12.1 Å². The van der Waals surface area contributed by atoms with Crippen molar-refractivity contribution in [1.82, 2.24) is 0 Å². The van der Waals surface area contributed by atoms with E-state index in [1.165, 1.54) is 11.1 Å². The molecule has 0 saturated carbocycles. The lowest BCUT2D eigenvalue weighted by Crippen LogP contribution is -1.96. The fraction of sp³-hybridized carbons (Fsp3) is 0.0741. The predicted octanol–water partition coefficient (Wildman–Crippen LogP) is 6.85. The Morgan fingerprint density at radius 2 is 0.786 bits per heavy atom. The van der Waals surface area contributed by atoms with Crippen LogP contribution in [0.5, 0.6) is 0 Å². The molecule has 1 aliphatic carbocycles. The smallest absolute Gasteiger partial charge is 0.194 e. The van der Waals surface area contributed by atoms with Gasteiger partial charge in [0.1, 0.15) is 0 Å². The second kappa shape index (κ2) is 6.31. The van der Waals surface area contributed by atoms with Crippen molar-refractivity contribution in [3.05, 3.63) is 107 Å². The highest BCUT2D eigenvalue weighted by Gasteiger charge is 2.27. The fourth-order valence-electron chi connectivity index (χ4n) is 3.93. The second-order valence-corrected chi connectivity index (χ2v) is 7.58. The standard InChI is InChI=1S/C27H20O/c1-17-3-7-19(8-4-17)21-11-13-23-24-14-12-22(20-9-5-18(2)6-10-20)16-26(24)27(28)25(23)15-21/h3-16H,1-2H3. The molecule has 0 amide bonds. The summed E-state index contributed by atoms with van der Waals surface area (Å²) in [7, 11) is 0. The molecular formula is C27H20O. The van der Waals surface area contributed by atoms with Gasteiger partial charge in [-0.05, 0) is 59.4 Å². The average Bonchev–Trinajstić information content (AvgIpc) is 3.00. The lowest BCUT2D eigenvalue weighted by atomic mass is 9.97. The highest BCUT2D eigenvalue weighted by Crippen LogP contribution is 2.40. The lowest BCUT2D eigenvalue weighted by Gasteiger charge is -2.06. The molecule has 0 aromatic heterocycles. The molecule has 0 aliphatic heterocycles. The van der Waals surface area contributed by atoms with E-state index in [-0.39, 0.29) is 5.78 Å². The number of ketones is 1. The van der Waals surface area contributed by atoms with Gasteiger partial charge in [0.2, 0.25) is 0 Å². The SMILES string of the molecule is Cc1ccc(-c2ccc3c(c2)C(=O)c2cc(-c4ccc(C)cc4)ccc2-3)cc1. The molecule has 5 rings (SSSR count). The first-order chi connectivity index (χ1) is 13.6. The Balaban J connectivity index is 1.57. The van der Waals surface area contributed by atoms with E-state index in [1.54, 1.807) is 0 Å². The van der Waals surface area contributed by atoms with Gasteiger partial charge >= 0.3 is 0 Å². The zero-order chi connectivity index (χ0) is 19.3. The normalized spacial score (nSPS) is 12.0. The zero-order valence-corrected chi connectivity index (χ0v) is 16.0. The minimum Gasteiger partial charge on any atom is -0.289 e. The van der Waals surface area contributed by atoms with Crippen molar-refractivity contribution in [3.63, 3.8) is 0 Å². The van der Waals surface area contributed by atoms with Crippen LogP contribution in [0.4, 0.5) is 0 Å². The van der Waals surface area contributed by atoms with E-state index < -0.39 is 0 Å². The molecule has 28 heavy (non-hydrogen) atoms. The van der Waals surface area contributed by atoms with E-state index in [2.05, 4.69) is 86.6 Å². The van der Waals surface area contributed by atoms with Crippen molar-refractivity contribution in [2.24, 2.45) is 0 Å². The van der Waals surface area contributed by atoms with Crippen LogP contribution in [0.2, 0.25) is 0 Å². The summed E-state index contributed by atoms with van der Waals surface area (Å²) in [6.07, 6.45) is 0. The van der Waals surface area contributed by atoms with Crippen LogP contribution in [0.3, 0.4) is 0 Å². The molecular weight excluding hydrogens is 340 g/mol. The third-order valence-corrected chi connectivity index (χ3v) is 5.59. The van der Waals surface area contributed by atoms with Gasteiger partial charge in [0.15, 0.2) is 5.78 Å². The maximum Gasteiger partial charge on any atom is 0.194 e. The Bertz CT molecular complexity index is 1120. The Hall–Kier alpha value is -3.45. The number of carbonyl (C=O) groups is 1. The van der Waals surface area contributed by atoms with Gasteiger partial charge in [0, 0.05) is 11.1 Å². The Labute approximate surface area is 165 Å². The van der Waals surface area contributed by atoms with Crippen LogP contribution in [-0.2, 0) is 0 Å². The molecule has 0 bridgehead atoms. The minimum atomic E-state index is 0.118. The summed E-state index contributed by atoms with van der Waals surface area (Å²) in [5.41, 5.74) is 10.6. The lowest BCUT2D eigenvalue weighted by molar-refractivity contribution is 0.104. The first kappa shape index (κ1) is 16.7. The third kappa shape index (κ3) is 2.68. The molecule has 0 unspecified atom stereocenters. The first-order valence-corrected chi connectivity index (χ1v) is 9.57. The van der Waals surface area contributed by atoms with Gasteiger partial charge in [-0.25, -0.2) is 0 Å². The number of benzene rings is 4. The zero-order valence-electron chi connectivity index (χ0n) is 16.0. The molecule has 0 spiro atoms. The predicted molar refractivity (Wildman–Crippen MR) is 116 cm³/mol. The number of hydrogen-bond acceptors (Lipinski definition) is 1. The monoisotopic (exact) mass is 360 g/mol. The maximum atomic E-state index is 13.2. The van der Waals surface area contributed by atoms with Gasteiger partial charge in [0.05, 0.1) is 0 Å². The van der Waals surface area contributed by atoms with Gasteiger partial charge in [-0.2, -0.15) is 0 Å². The third-order valence-electron chi connectivity index (χ3n) is 5.59. The van der Waals surface area contributed by atoms with E-state index >= 15 is 0 Å². The molecule has 0 radical (unpaired) electrons. The van der Waals surface area contributed by atoms with Crippen molar-refractivity contribution in [2.75, 3.05) is 0 Å². The minimum absolute atomic E-state index is 0.118. The summed E-state index contributed by atoms with van der Waals surface area (Å²) < 4.78 is 0. The van der Waals surface area contributed by atoms with Gasteiger partial charge < -0.3 is 0 Å². The van der Waals surface area contributed by atoms with Crippen molar-refractivity contribution in [3.8, 4) is 33.4 Å². The maximum absolute atomic E-state index is 13.2. The number of hydrogen-bond donors (Lipinski definition) is 0. The van der Waals surface area contributed by atoms with E-state index in [4.69, 9.17) is 0 Å². The van der Waals surface area contributed by atoms with Gasteiger partial charge in [-0.1, -0.05) is 83.9 Å². The number of aryl methyl sites for hydroxylation is 2. The van der Waals surface area contributed by atoms with Crippen LogP contribution in [0.15, 0.2) is 84.9 Å². The van der Waals surface area contributed by atoms with E-state index in [9.17, 15) is 4.79 Å². The summed E-state index contributed by atoms with van der Waals surface area (Å²) in [6.45, 7) is 4.16. The van der Waals surface area contributed by atoms with Crippen LogP contribution in [0, 0.1) is 13.8 Å². The van der Waals surface area contributed by atoms with Crippen LogP contribution in [0.1, 0.15) is 27.0 Å². The van der Waals surface area contributed by atoms with Gasteiger partial charge in [-0.3, -0.25) is 4.79 Å². The highest BCUT2D eigenvalue weighted by molar-refractivity contribution is 6.22. The summed E-state index contributed by atoms with van der Waals surface area (Å²) in [6, 6.07) is 29.3. The van der Waals surface area contributed by atoms with Crippen LogP contribution < -0.4 is 0 Å². The van der Waals surface area contributed by atoms with Gasteiger partial charge in [0.25, 0.3) is 0 Å².